The van der Waals surface area contributed by atoms with Gasteiger partial charge in [-0.25, -0.2) is 8.42 Å². The smallest absolute Gasteiger partial charge is 0.250 e. The molecule has 6 nitrogen and oxygen atoms in total. The van der Waals surface area contributed by atoms with Gasteiger partial charge in [0.25, 0.3) is 0 Å². The van der Waals surface area contributed by atoms with Crippen LogP contribution >= 0.6 is 12.2 Å². The van der Waals surface area contributed by atoms with Gasteiger partial charge in [0.05, 0.1) is 4.90 Å². The highest BCUT2D eigenvalue weighted by atomic mass is 32.2. The molecule has 0 fully saturated rings. The average molecular weight is 480 g/mol. The van der Waals surface area contributed by atoms with Crippen LogP contribution in [0.2, 0.25) is 0 Å². The Hall–Kier alpha value is -3.33. The minimum absolute atomic E-state index is 0.116. The Labute approximate surface area is 200 Å². The number of hydrogen-bond acceptors (Lipinski definition) is 4. The maximum atomic E-state index is 12.8. The number of nitrogens with one attached hydrogen (secondary N) is 2. The number of amides is 1. The van der Waals surface area contributed by atoms with Crippen LogP contribution in [0.3, 0.4) is 0 Å². The van der Waals surface area contributed by atoms with Crippen molar-refractivity contribution in [1.29, 1.82) is 0 Å². The molecule has 0 atom stereocenters. The van der Waals surface area contributed by atoms with Crippen molar-refractivity contribution >= 4 is 45.0 Å². The summed E-state index contributed by atoms with van der Waals surface area (Å²) in [6.45, 7) is 2.27. The Morgan fingerprint density at radius 1 is 0.970 bits per heavy atom. The van der Waals surface area contributed by atoms with Crippen LogP contribution in [0.1, 0.15) is 16.7 Å². The predicted molar refractivity (Wildman–Crippen MR) is 136 cm³/mol. The van der Waals surface area contributed by atoms with E-state index in [1.54, 1.807) is 25.3 Å². The topological polar surface area (TPSA) is 78.5 Å². The average Bonchev–Trinajstić information content (AvgIpc) is 2.79. The minimum atomic E-state index is -3.64. The zero-order chi connectivity index (χ0) is 23.8. The van der Waals surface area contributed by atoms with E-state index in [0.717, 1.165) is 16.7 Å². The van der Waals surface area contributed by atoms with Crippen LogP contribution < -0.4 is 10.6 Å². The van der Waals surface area contributed by atoms with Gasteiger partial charge in [0.2, 0.25) is 15.9 Å². The van der Waals surface area contributed by atoms with Crippen LogP contribution in [0.4, 0.5) is 5.69 Å². The van der Waals surface area contributed by atoms with Crippen LogP contribution in [0, 0.1) is 6.92 Å². The second-order valence-electron chi connectivity index (χ2n) is 7.46. The molecule has 0 unspecified atom stereocenters. The van der Waals surface area contributed by atoms with Gasteiger partial charge < -0.3 is 5.32 Å². The van der Waals surface area contributed by atoms with Crippen LogP contribution in [0.5, 0.6) is 0 Å². The van der Waals surface area contributed by atoms with Crippen molar-refractivity contribution in [3.8, 4) is 0 Å². The normalized spacial score (nSPS) is 11.5. The number of thiocarbonyl (C=S) groups is 1. The molecule has 0 radical (unpaired) electrons. The predicted octanol–water partition coefficient (Wildman–Crippen LogP) is 4.34. The summed E-state index contributed by atoms with van der Waals surface area (Å²) < 4.78 is 27.0. The Balaban J connectivity index is 1.56. The summed E-state index contributed by atoms with van der Waals surface area (Å²) in [5.41, 5.74) is 3.51. The highest BCUT2D eigenvalue weighted by Gasteiger charge is 2.20. The molecule has 33 heavy (non-hydrogen) atoms. The lowest BCUT2D eigenvalue weighted by Crippen LogP contribution is -2.32. The lowest BCUT2D eigenvalue weighted by molar-refractivity contribution is -0.115. The first-order valence-electron chi connectivity index (χ1n) is 10.2. The molecule has 0 heterocycles. The van der Waals surface area contributed by atoms with E-state index in [0.29, 0.717) is 5.69 Å². The second-order valence-corrected chi connectivity index (χ2v) is 9.91. The van der Waals surface area contributed by atoms with Gasteiger partial charge in [-0.15, -0.1) is 0 Å². The Kier molecular flexibility index (Phi) is 8.11. The van der Waals surface area contributed by atoms with Crippen LogP contribution in [0.15, 0.2) is 89.8 Å². The van der Waals surface area contributed by atoms with Gasteiger partial charge in [0.1, 0.15) is 0 Å². The lowest BCUT2D eigenvalue weighted by atomic mass is 10.1. The molecule has 0 spiro atoms. The van der Waals surface area contributed by atoms with E-state index < -0.39 is 10.0 Å². The van der Waals surface area contributed by atoms with Crippen molar-refractivity contribution < 1.29 is 13.2 Å². The van der Waals surface area contributed by atoms with Crippen molar-refractivity contribution in [3.05, 3.63) is 102 Å². The molecule has 0 saturated carbocycles. The largest absolute Gasteiger partial charge is 0.332 e. The number of benzene rings is 3. The third-order valence-corrected chi connectivity index (χ3v) is 6.83. The molecule has 3 aromatic rings. The zero-order valence-corrected chi connectivity index (χ0v) is 20.0. The fourth-order valence-electron chi connectivity index (χ4n) is 2.98. The highest BCUT2D eigenvalue weighted by Crippen LogP contribution is 2.19. The Morgan fingerprint density at radius 3 is 2.24 bits per heavy atom. The number of nitrogens with zero attached hydrogens (tertiary/aromatic N) is 1. The van der Waals surface area contributed by atoms with Gasteiger partial charge in [0.15, 0.2) is 5.11 Å². The standard InChI is InChI=1S/C25H25N3O3S2/c1-19-8-10-20(11-9-19)12-17-24(29)27-25(32)26-22-13-15-23(16-14-22)33(30,31)28(2)18-21-6-4-3-5-7-21/h3-17H,18H2,1-2H3,(H2,26,27,29,32). The van der Waals surface area contributed by atoms with Gasteiger partial charge >= 0.3 is 0 Å². The summed E-state index contributed by atoms with van der Waals surface area (Å²) in [4.78, 5) is 12.3. The number of aryl methyl sites for hydroxylation is 1. The molecule has 2 N–H and O–H groups in total. The van der Waals surface area contributed by atoms with Gasteiger partial charge in [-0.05, 0) is 60.6 Å². The van der Waals surface area contributed by atoms with E-state index in [1.165, 1.54) is 22.5 Å². The molecule has 0 aliphatic rings. The zero-order valence-electron chi connectivity index (χ0n) is 18.4. The quantitative estimate of drug-likeness (QED) is 0.389. The van der Waals surface area contributed by atoms with Crippen molar-refractivity contribution in [1.82, 2.24) is 9.62 Å². The highest BCUT2D eigenvalue weighted by molar-refractivity contribution is 7.89. The van der Waals surface area contributed by atoms with Crippen molar-refractivity contribution in [2.75, 3.05) is 12.4 Å². The summed E-state index contributed by atoms with van der Waals surface area (Å²) in [5.74, 6) is -0.366. The first-order chi connectivity index (χ1) is 15.7. The summed E-state index contributed by atoms with van der Waals surface area (Å²) in [7, 11) is -2.10. The number of carbonyl (C=O) groups excluding carboxylic acids is 1. The third kappa shape index (κ3) is 7.08. The molecule has 3 rings (SSSR count). The minimum Gasteiger partial charge on any atom is -0.332 e. The van der Waals surface area contributed by atoms with Gasteiger partial charge in [-0.1, -0.05) is 60.2 Å². The van der Waals surface area contributed by atoms with Crippen LogP contribution in [-0.2, 0) is 21.4 Å². The fraction of sp³-hybridized carbons (Fsp3) is 0.120. The van der Waals surface area contributed by atoms with Crippen molar-refractivity contribution in [3.63, 3.8) is 0 Å². The molecule has 3 aromatic carbocycles. The molecular weight excluding hydrogens is 454 g/mol. The van der Waals surface area contributed by atoms with Crippen LogP contribution in [-0.4, -0.2) is 30.8 Å². The molecule has 0 aliphatic carbocycles. The van der Waals surface area contributed by atoms with E-state index in [2.05, 4.69) is 10.6 Å². The first-order valence-corrected chi connectivity index (χ1v) is 12.1. The maximum Gasteiger partial charge on any atom is 0.250 e. The summed E-state index contributed by atoms with van der Waals surface area (Å²) >= 11 is 5.18. The summed E-state index contributed by atoms with van der Waals surface area (Å²) in [6.07, 6.45) is 3.10. The molecule has 1 amide bonds. The molecule has 170 valence electrons. The van der Waals surface area contributed by atoms with Gasteiger partial charge in [0, 0.05) is 25.4 Å². The van der Waals surface area contributed by atoms with E-state index >= 15 is 0 Å². The van der Waals surface area contributed by atoms with Crippen molar-refractivity contribution in [2.45, 2.75) is 18.4 Å². The molecule has 0 aliphatic heterocycles. The van der Waals surface area contributed by atoms with E-state index in [-0.39, 0.29) is 22.5 Å². The Morgan fingerprint density at radius 2 is 1.61 bits per heavy atom. The van der Waals surface area contributed by atoms with Gasteiger partial charge in [-0.2, -0.15) is 4.31 Å². The first kappa shape index (κ1) is 24.3. The maximum absolute atomic E-state index is 12.8. The van der Waals surface area contributed by atoms with E-state index in [9.17, 15) is 13.2 Å². The van der Waals surface area contributed by atoms with E-state index in [1.807, 2.05) is 61.5 Å². The van der Waals surface area contributed by atoms with Gasteiger partial charge in [-0.3, -0.25) is 10.1 Å². The SMILES string of the molecule is Cc1ccc(C=CC(=O)NC(=S)Nc2ccc(S(=O)(=O)N(C)Cc3ccccc3)cc2)cc1. The monoisotopic (exact) mass is 479 g/mol. The number of rotatable bonds is 7. The fourth-order valence-corrected chi connectivity index (χ4v) is 4.36. The van der Waals surface area contributed by atoms with E-state index in [4.69, 9.17) is 12.2 Å². The summed E-state index contributed by atoms with van der Waals surface area (Å²) in [5, 5.41) is 5.57. The lowest BCUT2D eigenvalue weighted by Gasteiger charge is -2.17. The second kappa shape index (κ2) is 11.0. The molecule has 0 bridgehead atoms. The number of hydrogen-bond donors (Lipinski definition) is 2. The molecule has 0 aromatic heterocycles. The number of anilines is 1. The van der Waals surface area contributed by atoms with Crippen LogP contribution in [0.25, 0.3) is 6.08 Å². The van der Waals surface area contributed by atoms with Crippen molar-refractivity contribution in [2.24, 2.45) is 0 Å². The molecular formula is C25H25N3O3S2. The molecule has 0 saturated heterocycles. The Bertz CT molecular complexity index is 1240. The number of carbonyl (C=O) groups is 1. The molecule has 8 heteroatoms. The number of sulfonamides is 1. The third-order valence-electron chi connectivity index (χ3n) is 4.81. The summed E-state index contributed by atoms with van der Waals surface area (Å²) in [6, 6.07) is 23.4.